The summed E-state index contributed by atoms with van der Waals surface area (Å²) in [6.07, 6.45) is 8.59. The average molecular weight is 285 g/mol. The van der Waals surface area contributed by atoms with Gasteiger partial charge in [0, 0.05) is 26.2 Å². The molecule has 0 amide bonds. The summed E-state index contributed by atoms with van der Waals surface area (Å²) in [5.41, 5.74) is 0. The zero-order valence-corrected chi connectivity index (χ0v) is 15.0. The molecule has 0 atom stereocenters. The van der Waals surface area contributed by atoms with Crippen molar-refractivity contribution in [3.8, 4) is 0 Å². The van der Waals surface area contributed by atoms with E-state index in [9.17, 15) is 0 Å². The van der Waals surface area contributed by atoms with E-state index in [0.29, 0.717) is 0 Å². The second-order valence-electron chi connectivity index (χ2n) is 6.23. The van der Waals surface area contributed by atoms with Gasteiger partial charge in [0.15, 0.2) is 0 Å². The van der Waals surface area contributed by atoms with Gasteiger partial charge in [-0.3, -0.25) is 0 Å². The van der Waals surface area contributed by atoms with Gasteiger partial charge in [0.1, 0.15) is 0 Å². The average Bonchev–Trinajstić information content (AvgIpc) is 2.48. The maximum atomic E-state index is 2.65. The third-order valence-corrected chi connectivity index (χ3v) is 4.17. The summed E-state index contributed by atoms with van der Waals surface area (Å²) in [5, 5.41) is 0. The van der Waals surface area contributed by atoms with E-state index in [-0.39, 0.29) is 0 Å². The van der Waals surface area contributed by atoms with Gasteiger partial charge < -0.3 is 9.80 Å². The fourth-order valence-corrected chi connectivity index (χ4v) is 2.75. The Kier molecular flexibility index (Phi) is 13.8. The van der Waals surface area contributed by atoms with Crippen molar-refractivity contribution in [1.29, 1.82) is 0 Å². The van der Waals surface area contributed by atoms with Gasteiger partial charge in [0.05, 0.1) is 0 Å². The highest BCUT2D eigenvalue weighted by Crippen LogP contribution is 2.11. The van der Waals surface area contributed by atoms with Gasteiger partial charge in [-0.25, -0.2) is 0 Å². The lowest BCUT2D eigenvalue weighted by molar-refractivity contribution is 0.135. The molecule has 1 rings (SSSR count). The minimum atomic E-state index is 0.889. The quantitative estimate of drug-likeness (QED) is 0.569. The van der Waals surface area contributed by atoms with Crippen molar-refractivity contribution in [3.05, 3.63) is 0 Å². The first kappa shape index (κ1) is 19.9. The Morgan fingerprint density at radius 3 is 1.80 bits per heavy atom. The smallest absolute Gasteiger partial charge is 0.0110 e. The maximum absolute atomic E-state index is 2.65. The van der Waals surface area contributed by atoms with Gasteiger partial charge in [-0.1, -0.05) is 66.7 Å². The predicted octanol–water partition coefficient (Wildman–Crippen LogP) is 4.65. The standard InChI is InChI=1S/C16H34N2.C2H6/c1-4-17-12-14-18(15-13-17)11-9-7-5-6-8-10-16(2)3;1-2/h16H,4-15H2,1-3H3;1-2H3. The highest BCUT2D eigenvalue weighted by molar-refractivity contribution is 4.70. The van der Waals surface area contributed by atoms with E-state index in [1.54, 1.807) is 0 Å². The fourth-order valence-electron chi connectivity index (χ4n) is 2.75. The van der Waals surface area contributed by atoms with Crippen molar-refractivity contribution in [1.82, 2.24) is 9.80 Å². The molecule has 0 radical (unpaired) electrons. The second kappa shape index (κ2) is 13.9. The highest BCUT2D eigenvalue weighted by Gasteiger charge is 2.14. The lowest BCUT2D eigenvalue weighted by Crippen LogP contribution is -2.46. The van der Waals surface area contributed by atoms with Crippen LogP contribution in [0.5, 0.6) is 0 Å². The first-order chi connectivity index (χ1) is 9.72. The molecule has 1 fully saturated rings. The largest absolute Gasteiger partial charge is 0.301 e. The van der Waals surface area contributed by atoms with E-state index >= 15 is 0 Å². The van der Waals surface area contributed by atoms with Crippen LogP contribution in [0.3, 0.4) is 0 Å². The molecule has 0 unspecified atom stereocenters. The van der Waals surface area contributed by atoms with E-state index < -0.39 is 0 Å². The van der Waals surface area contributed by atoms with Crippen LogP contribution < -0.4 is 0 Å². The lowest BCUT2D eigenvalue weighted by Gasteiger charge is -2.33. The number of likely N-dealkylation sites (N-methyl/N-ethyl adjacent to an activating group) is 1. The highest BCUT2D eigenvalue weighted by atomic mass is 15.3. The zero-order valence-electron chi connectivity index (χ0n) is 15.0. The van der Waals surface area contributed by atoms with Gasteiger partial charge in [-0.05, 0) is 25.4 Å². The number of piperazine rings is 1. The summed E-state index contributed by atoms with van der Waals surface area (Å²) in [6, 6.07) is 0. The van der Waals surface area contributed by atoms with Crippen molar-refractivity contribution in [2.45, 2.75) is 73.1 Å². The van der Waals surface area contributed by atoms with E-state index in [0.717, 1.165) is 5.92 Å². The number of nitrogens with zero attached hydrogens (tertiary/aromatic N) is 2. The van der Waals surface area contributed by atoms with Crippen LogP contribution in [-0.2, 0) is 0 Å². The van der Waals surface area contributed by atoms with Gasteiger partial charge >= 0.3 is 0 Å². The maximum Gasteiger partial charge on any atom is 0.0110 e. The van der Waals surface area contributed by atoms with Crippen molar-refractivity contribution < 1.29 is 0 Å². The van der Waals surface area contributed by atoms with Gasteiger partial charge in [0.25, 0.3) is 0 Å². The molecule has 1 heterocycles. The van der Waals surface area contributed by atoms with Crippen LogP contribution >= 0.6 is 0 Å². The molecule has 1 aliphatic rings. The number of rotatable bonds is 9. The topological polar surface area (TPSA) is 6.48 Å². The summed E-state index contributed by atoms with van der Waals surface area (Å²) >= 11 is 0. The molecule has 2 nitrogen and oxygen atoms in total. The Bertz CT molecular complexity index is 184. The fraction of sp³-hybridized carbons (Fsp3) is 1.00. The minimum absolute atomic E-state index is 0.889. The molecule has 0 aliphatic carbocycles. The van der Waals surface area contributed by atoms with Crippen molar-refractivity contribution in [2.24, 2.45) is 5.92 Å². The molecular weight excluding hydrogens is 244 g/mol. The van der Waals surface area contributed by atoms with Crippen molar-refractivity contribution in [3.63, 3.8) is 0 Å². The summed E-state index contributed by atoms with van der Waals surface area (Å²) in [7, 11) is 0. The number of hydrogen-bond acceptors (Lipinski definition) is 2. The molecule has 0 saturated carbocycles. The number of hydrogen-bond donors (Lipinski definition) is 0. The van der Waals surface area contributed by atoms with Crippen LogP contribution in [0, 0.1) is 5.92 Å². The Balaban J connectivity index is 0.00000172. The lowest BCUT2D eigenvalue weighted by atomic mass is 10.0. The van der Waals surface area contributed by atoms with Crippen LogP contribution in [0.1, 0.15) is 73.1 Å². The first-order valence-electron chi connectivity index (χ1n) is 9.17. The van der Waals surface area contributed by atoms with Gasteiger partial charge in [-0.2, -0.15) is 0 Å². The van der Waals surface area contributed by atoms with E-state index in [1.165, 1.54) is 77.8 Å². The Hall–Kier alpha value is -0.0800. The monoisotopic (exact) mass is 284 g/mol. The van der Waals surface area contributed by atoms with Crippen LogP contribution in [0.25, 0.3) is 0 Å². The Morgan fingerprint density at radius 2 is 1.25 bits per heavy atom. The van der Waals surface area contributed by atoms with E-state index in [2.05, 4.69) is 30.6 Å². The summed E-state index contributed by atoms with van der Waals surface area (Å²) in [6.45, 7) is 18.6. The van der Waals surface area contributed by atoms with Gasteiger partial charge in [-0.15, -0.1) is 0 Å². The van der Waals surface area contributed by atoms with Crippen LogP contribution in [0.4, 0.5) is 0 Å². The molecule has 1 saturated heterocycles. The predicted molar refractivity (Wildman–Crippen MR) is 92.4 cm³/mol. The molecule has 20 heavy (non-hydrogen) atoms. The van der Waals surface area contributed by atoms with Crippen molar-refractivity contribution >= 4 is 0 Å². The molecule has 0 bridgehead atoms. The Labute approximate surface area is 128 Å². The molecule has 1 aliphatic heterocycles. The second-order valence-corrected chi connectivity index (χ2v) is 6.23. The Morgan fingerprint density at radius 1 is 0.750 bits per heavy atom. The normalized spacial score (nSPS) is 17.1. The number of unbranched alkanes of at least 4 members (excludes halogenated alkanes) is 4. The summed E-state index contributed by atoms with van der Waals surface area (Å²) < 4.78 is 0. The molecule has 0 aromatic carbocycles. The third kappa shape index (κ3) is 10.7. The first-order valence-corrected chi connectivity index (χ1v) is 9.17. The molecule has 0 aromatic heterocycles. The van der Waals surface area contributed by atoms with Crippen molar-refractivity contribution in [2.75, 3.05) is 39.3 Å². The molecule has 0 spiro atoms. The van der Waals surface area contributed by atoms with Crippen LogP contribution in [0.2, 0.25) is 0 Å². The summed E-state index contributed by atoms with van der Waals surface area (Å²) in [5.74, 6) is 0.889. The minimum Gasteiger partial charge on any atom is -0.301 e. The zero-order chi connectivity index (χ0) is 15.2. The molecule has 0 aromatic rings. The molecule has 0 N–H and O–H groups in total. The summed E-state index contributed by atoms with van der Waals surface area (Å²) in [4.78, 5) is 5.21. The van der Waals surface area contributed by atoms with E-state index in [4.69, 9.17) is 0 Å². The van der Waals surface area contributed by atoms with Crippen LogP contribution in [-0.4, -0.2) is 49.1 Å². The SMILES string of the molecule is CC.CCN1CCN(CCCCCCCC(C)C)CC1. The third-order valence-electron chi connectivity index (χ3n) is 4.17. The van der Waals surface area contributed by atoms with Gasteiger partial charge in [0.2, 0.25) is 0 Å². The molecule has 122 valence electrons. The molecule has 2 heteroatoms. The van der Waals surface area contributed by atoms with E-state index in [1.807, 2.05) is 13.8 Å². The van der Waals surface area contributed by atoms with Crippen LogP contribution in [0.15, 0.2) is 0 Å². The molecular formula is C18H40N2.